The molecule has 2 rings (SSSR count). The first-order valence-electron chi connectivity index (χ1n) is 7.95. The van der Waals surface area contributed by atoms with E-state index in [4.69, 9.17) is 22.1 Å². The molecule has 1 aromatic rings. The number of hydrogen-bond acceptors (Lipinski definition) is 3. The topological polar surface area (TPSA) is 38.5 Å². The molecule has 4 atom stereocenters. The lowest BCUT2D eigenvalue weighted by Crippen LogP contribution is -2.53. The molecule has 0 aliphatic carbocycles. The summed E-state index contributed by atoms with van der Waals surface area (Å²) in [6.45, 7) is 8.22. The second kappa shape index (κ2) is 7.59. The summed E-state index contributed by atoms with van der Waals surface area (Å²) >= 11 is 6.03. The molecular formula is C17H27ClN2O. The van der Waals surface area contributed by atoms with Crippen LogP contribution in [0.2, 0.25) is 5.02 Å². The number of rotatable bonds is 5. The van der Waals surface area contributed by atoms with Gasteiger partial charge in [-0.05, 0) is 37.5 Å². The van der Waals surface area contributed by atoms with Crippen molar-refractivity contribution in [2.75, 3.05) is 13.2 Å². The summed E-state index contributed by atoms with van der Waals surface area (Å²) in [5, 5.41) is 0.768. The Hall–Kier alpha value is -0.610. The summed E-state index contributed by atoms with van der Waals surface area (Å²) in [6.07, 6.45) is 2.29. The van der Waals surface area contributed by atoms with Crippen LogP contribution < -0.4 is 5.73 Å². The van der Waals surface area contributed by atoms with Gasteiger partial charge in [0.25, 0.3) is 0 Å². The van der Waals surface area contributed by atoms with Crippen molar-refractivity contribution in [1.29, 1.82) is 0 Å². The molecule has 1 aromatic carbocycles. The van der Waals surface area contributed by atoms with Crippen LogP contribution >= 0.6 is 11.6 Å². The predicted octanol–water partition coefficient (Wildman–Crippen LogP) is 3.62. The van der Waals surface area contributed by atoms with Crippen LogP contribution in [0.3, 0.4) is 0 Å². The largest absolute Gasteiger partial charge is 0.376 e. The molecule has 4 heteroatoms. The van der Waals surface area contributed by atoms with Crippen molar-refractivity contribution >= 4 is 11.6 Å². The maximum Gasteiger partial charge on any atom is 0.0675 e. The van der Waals surface area contributed by atoms with Crippen LogP contribution in [-0.4, -0.2) is 36.2 Å². The molecule has 1 aliphatic rings. The molecule has 1 fully saturated rings. The van der Waals surface area contributed by atoms with Crippen LogP contribution in [0.5, 0.6) is 0 Å². The number of hydrogen-bond donors (Lipinski definition) is 1. The predicted molar refractivity (Wildman–Crippen MR) is 88.7 cm³/mol. The van der Waals surface area contributed by atoms with Crippen LogP contribution in [0.25, 0.3) is 0 Å². The number of nitrogens with zero attached hydrogens (tertiary/aromatic N) is 1. The van der Waals surface area contributed by atoms with Gasteiger partial charge < -0.3 is 10.5 Å². The van der Waals surface area contributed by atoms with Gasteiger partial charge >= 0.3 is 0 Å². The van der Waals surface area contributed by atoms with Crippen LogP contribution in [0.4, 0.5) is 0 Å². The van der Waals surface area contributed by atoms with Crippen molar-refractivity contribution in [1.82, 2.24) is 4.90 Å². The average molecular weight is 311 g/mol. The molecule has 21 heavy (non-hydrogen) atoms. The van der Waals surface area contributed by atoms with E-state index in [1.807, 2.05) is 12.1 Å². The first-order valence-corrected chi connectivity index (χ1v) is 8.33. The third-order valence-electron chi connectivity index (χ3n) is 4.43. The zero-order valence-electron chi connectivity index (χ0n) is 13.3. The number of benzene rings is 1. The van der Waals surface area contributed by atoms with Gasteiger partial charge in [0.05, 0.1) is 18.8 Å². The second-order valence-electron chi connectivity index (χ2n) is 5.97. The Bertz CT molecular complexity index is 437. The Balaban J connectivity index is 2.31. The van der Waals surface area contributed by atoms with Crippen LogP contribution in [0.1, 0.15) is 45.2 Å². The molecule has 4 unspecified atom stereocenters. The summed E-state index contributed by atoms with van der Waals surface area (Å²) in [5.41, 5.74) is 7.72. The normalized spacial score (nSPS) is 26.5. The fourth-order valence-corrected chi connectivity index (χ4v) is 3.26. The van der Waals surface area contributed by atoms with E-state index < -0.39 is 0 Å². The van der Waals surface area contributed by atoms with Crippen molar-refractivity contribution in [3.63, 3.8) is 0 Å². The summed E-state index contributed by atoms with van der Waals surface area (Å²) in [5.74, 6) is 0. The maximum atomic E-state index is 6.47. The Morgan fingerprint density at radius 1 is 1.33 bits per heavy atom. The lowest BCUT2D eigenvalue weighted by atomic mass is 9.93. The first kappa shape index (κ1) is 16.8. The van der Waals surface area contributed by atoms with Crippen molar-refractivity contribution in [2.24, 2.45) is 5.73 Å². The molecule has 0 amide bonds. The fraction of sp³-hybridized carbons (Fsp3) is 0.647. The molecule has 1 saturated heterocycles. The molecule has 0 saturated carbocycles. The SMILES string of the molecule is CCC(N)C(c1ccc(Cl)cc1)N1CC(C)OCC1CC. The Kier molecular flexibility index (Phi) is 6.06. The number of morpholine rings is 1. The van der Waals surface area contributed by atoms with E-state index in [-0.39, 0.29) is 18.2 Å². The summed E-state index contributed by atoms with van der Waals surface area (Å²) in [4.78, 5) is 2.53. The van der Waals surface area contributed by atoms with Crippen LogP contribution in [0.15, 0.2) is 24.3 Å². The van der Waals surface area contributed by atoms with Gasteiger partial charge in [-0.3, -0.25) is 4.90 Å². The molecule has 0 spiro atoms. The molecule has 2 N–H and O–H groups in total. The third kappa shape index (κ3) is 3.98. The number of nitrogens with two attached hydrogens (primary N) is 1. The summed E-state index contributed by atoms with van der Waals surface area (Å²) in [7, 11) is 0. The minimum absolute atomic E-state index is 0.116. The monoisotopic (exact) mass is 310 g/mol. The lowest BCUT2D eigenvalue weighted by molar-refractivity contribution is -0.0771. The molecule has 0 bridgehead atoms. The Morgan fingerprint density at radius 2 is 2.00 bits per heavy atom. The molecule has 1 heterocycles. The smallest absolute Gasteiger partial charge is 0.0675 e. The standard InChI is InChI=1S/C17H27ClN2O/c1-4-15-11-21-12(3)10-20(15)17(16(19)5-2)13-6-8-14(18)9-7-13/h6-9,12,15-17H,4-5,10-11,19H2,1-3H3. The molecule has 118 valence electrons. The van der Waals surface area contributed by atoms with Gasteiger partial charge in [0.15, 0.2) is 0 Å². The second-order valence-corrected chi connectivity index (χ2v) is 6.41. The van der Waals surface area contributed by atoms with Gasteiger partial charge in [-0.25, -0.2) is 0 Å². The van der Waals surface area contributed by atoms with Gasteiger partial charge in [-0.15, -0.1) is 0 Å². The lowest BCUT2D eigenvalue weighted by Gasteiger charge is -2.45. The Morgan fingerprint density at radius 3 is 2.57 bits per heavy atom. The van der Waals surface area contributed by atoms with E-state index in [2.05, 4.69) is 37.8 Å². The number of halogens is 1. The van der Waals surface area contributed by atoms with Crippen molar-refractivity contribution in [3.05, 3.63) is 34.9 Å². The molecule has 0 radical (unpaired) electrons. The molecule has 1 aliphatic heterocycles. The summed E-state index contributed by atoms with van der Waals surface area (Å²) < 4.78 is 5.83. The minimum atomic E-state index is 0.116. The van der Waals surface area contributed by atoms with Crippen LogP contribution in [-0.2, 0) is 4.74 Å². The van der Waals surface area contributed by atoms with Gasteiger partial charge in [-0.2, -0.15) is 0 Å². The minimum Gasteiger partial charge on any atom is -0.376 e. The highest BCUT2D eigenvalue weighted by Gasteiger charge is 2.34. The van der Waals surface area contributed by atoms with E-state index in [1.54, 1.807) is 0 Å². The van der Waals surface area contributed by atoms with Gasteiger partial charge in [0, 0.05) is 23.7 Å². The zero-order valence-corrected chi connectivity index (χ0v) is 14.0. The molecular weight excluding hydrogens is 284 g/mol. The van der Waals surface area contributed by atoms with Gasteiger partial charge in [0.1, 0.15) is 0 Å². The maximum absolute atomic E-state index is 6.47. The number of ether oxygens (including phenoxy) is 1. The van der Waals surface area contributed by atoms with E-state index in [9.17, 15) is 0 Å². The zero-order chi connectivity index (χ0) is 15.4. The quantitative estimate of drug-likeness (QED) is 0.902. The van der Waals surface area contributed by atoms with E-state index in [0.29, 0.717) is 6.04 Å². The van der Waals surface area contributed by atoms with Crippen molar-refractivity contribution in [3.8, 4) is 0 Å². The van der Waals surface area contributed by atoms with E-state index in [0.717, 1.165) is 31.0 Å². The molecule has 0 aromatic heterocycles. The highest BCUT2D eigenvalue weighted by Crippen LogP contribution is 2.31. The van der Waals surface area contributed by atoms with Crippen LogP contribution in [0, 0.1) is 0 Å². The van der Waals surface area contributed by atoms with Gasteiger partial charge in [0.2, 0.25) is 0 Å². The summed E-state index contributed by atoms with van der Waals surface area (Å²) in [6, 6.07) is 8.90. The van der Waals surface area contributed by atoms with Crippen molar-refractivity contribution in [2.45, 2.75) is 57.8 Å². The van der Waals surface area contributed by atoms with Crippen molar-refractivity contribution < 1.29 is 4.74 Å². The average Bonchev–Trinajstić information content (AvgIpc) is 2.49. The molecule has 3 nitrogen and oxygen atoms in total. The van der Waals surface area contributed by atoms with E-state index >= 15 is 0 Å². The Labute approximate surface area is 133 Å². The highest BCUT2D eigenvalue weighted by molar-refractivity contribution is 6.30. The first-order chi connectivity index (χ1) is 10.1. The van der Waals surface area contributed by atoms with Gasteiger partial charge in [-0.1, -0.05) is 37.6 Å². The van der Waals surface area contributed by atoms with E-state index in [1.165, 1.54) is 5.56 Å². The highest BCUT2D eigenvalue weighted by atomic mass is 35.5. The third-order valence-corrected chi connectivity index (χ3v) is 4.68. The fourth-order valence-electron chi connectivity index (χ4n) is 3.13.